The maximum Gasteiger partial charge on any atom is 0.407 e. The number of hydrogen-bond donors (Lipinski definition) is 3. The summed E-state index contributed by atoms with van der Waals surface area (Å²) in [5.41, 5.74) is 0.990. The molecule has 1 saturated carbocycles. The van der Waals surface area contributed by atoms with Crippen LogP contribution in [-0.2, 0) is 17.9 Å². The molecule has 6 nitrogen and oxygen atoms in total. The van der Waals surface area contributed by atoms with Crippen LogP contribution in [0.5, 0.6) is 0 Å². The average molecular weight is 300 g/mol. The lowest BCUT2D eigenvalue weighted by molar-refractivity contribution is 0.125. The molecule has 0 bridgehead atoms. The highest BCUT2D eigenvalue weighted by Gasteiger charge is 2.30. The predicted molar refractivity (Wildman–Crippen MR) is 82.0 cm³/mol. The van der Waals surface area contributed by atoms with Crippen molar-refractivity contribution < 1.29 is 9.53 Å². The second kappa shape index (κ2) is 7.09. The summed E-state index contributed by atoms with van der Waals surface area (Å²) < 4.78 is 5.20. The molecule has 6 heteroatoms. The second-order valence-corrected chi connectivity index (χ2v) is 5.49. The SMILES string of the molecule is O=C(NC1CC(NCc2ncc[nH]2)C1)OCc1ccccc1. The highest BCUT2D eigenvalue weighted by molar-refractivity contribution is 5.67. The number of hydrogen-bond acceptors (Lipinski definition) is 4. The molecule has 22 heavy (non-hydrogen) atoms. The third-order valence-corrected chi connectivity index (χ3v) is 3.79. The number of nitrogens with one attached hydrogen (secondary N) is 3. The molecule has 0 atom stereocenters. The normalized spacial score (nSPS) is 20.2. The van der Waals surface area contributed by atoms with Gasteiger partial charge in [-0.15, -0.1) is 0 Å². The van der Waals surface area contributed by atoms with Crippen molar-refractivity contribution in [3.8, 4) is 0 Å². The van der Waals surface area contributed by atoms with Crippen molar-refractivity contribution in [2.24, 2.45) is 0 Å². The van der Waals surface area contributed by atoms with Gasteiger partial charge in [0.1, 0.15) is 12.4 Å². The molecule has 0 saturated heterocycles. The Morgan fingerprint density at radius 2 is 2.09 bits per heavy atom. The van der Waals surface area contributed by atoms with E-state index in [-0.39, 0.29) is 12.1 Å². The van der Waals surface area contributed by atoms with Crippen LogP contribution in [0.1, 0.15) is 24.2 Å². The van der Waals surface area contributed by atoms with E-state index in [1.54, 1.807) is 6.20 Å². The summed E-state index contributed by atoms with van der Waals surface area (Å²) in [6.07, 6.45) is 5.04. The zero-order chi connectivity index (χ0) is 15.2. The summed E-state index contributed by atoms with van der Waals surface area (Å²) >= 11 is 0. The molecule has 1 fully saturated rings. The Hall–Kier alpha value is -2.34. The molecule has 3 rings (SSSR count). The molecule has 1 amide bonds. The number of carbonyl (C=O) groups excluding carboxylic acids is 1. The summed E-state index contributed by atoms with van der Waals surface area (Å²) in [5.74, 6) is 0.929. The number of rotatable bonds is 6. The molecule has 0 aliphatic heterocycles. The highest BCUT2D eigenvalue weighted by atomic mass is 16.5. The molecule has 1 aromatic heterocycles. The predicted octanol–water partition coefficient (Wildman–Crippen LogP) is 1.96. The minimum Gasteiger partial charge on any atom is -0.445 e. The standard InChI is InChI=1S/C16H20N4O2/c21-16(22-11-12-4-2-1-3-5-12)20-14-8-13(9-14)19-10-15-17-6-7-18-15/h1-7,13-14,19H,8-11H2,(H,17,18)(H,20,21). The maximum absolute atomic E-state index is 11.7. The summed E-state index contributed by atoms with van der Waals surface area (Å²) in [7, 11) is 0. The zero-order valence-electron chi connectivity index (χ0n) is 12.3. The van der Waals surface area contributed by atoms with Gasteiger partial charge >= 0.3 is 6.09 Å². The van der Waals surface area contributed by atoms with E-state index in [2.05, 4.69) is 20.6 Å². The quantitative estimate of drug-likeness (QED) is 0.762. The Morgan fingerprint density at radius 1 is 1.27 bits per heavy atom. The van der Waals surface area contributed by atoms with Gasteiger partial charge in [-0.05, 0) is 18.4 Å². The van der Waals surface area contributed by atoms with Crippen molar-refractivity contribution in [2.45, 2.75) is 38.1 Å². The summed E-state index contributed by atoms with van der Waals surface area (Å²) in [4.78, 5) is 18.9. The van der Waals surface area contributed by atoms with Gasteiger partial charge in [-0.25, -0.2) is 9.78 Å². The molecule has 0 spiro atoms. The zero-order valence-corrected chi connectivity index (χ0v) is 12.3. The second-order valence-electron chi connectivity index (χ2n) is 5.49. The van der Waals surface area contributed by atoms with Crippen LogP contribution < -0.4 is 10.6 Å². The average Bonchev–Trinajstić information content (AvgIpc) is 3.01. The van der Waals surface area contributed by atoms with Crippen molar-refractivity contribution in [3.05, 3.63) is 54.1 Å². The van der Waals surface area contributed by atoms with E-state index in [0.29, 0.717) is 12.6 Å². The number of H-pyrrole nitrogens is 1. The van der Waals surface area contributed by atoms with E-state index in [1.165, 1.54) is 0 Å². The first-order valence-electron chi connectivity index (χ1n) is 7.48. The minimum absolute atomic E-state index is 0.192. The van der Waals surface area contributed by atoms with Crippen LogP contribution in [0.25, 0.3) is 0 Å². The lowest BCUT2D eigenvalue weighted by atomic mass is 9.87. The number of benzene rings is 1. The Balaban J connectivity index is 1.29. The molecule has 1 aliphatic rings. The fourth-order valence-corrected chi connectivity index (χ4v) is 2.47. The van der Waals surface area contributed by atoms with Gasteiger partial charge in [0.25, 0.3) is 0 Å². The summed E-state index contributed by atoms with van der Waals surface area (Å²) in [5, 5.41) is 6.28. The Kier molecular flexibility index (Phi) is 4.70. The number of carbonyl (C=O) groups is 1. The highest BCUT2D eigenvalue weighted by Crippen LogP contribution is 2.20. The van der Waals surface area contributed by atoms with E-state index in [0.717, 1.165) is 30.8 Å². The van der Waals surface area contributed by atoms with Gasteiger partial charge < -0.3 is 20.4 Å². The van der Waals surface area contributed by atoms with Crippen LogP contribution in [0.15, 0.2) is 42.7 Å². The number of alkyl carbamates (subject to hydrolysis) is 1. The van der Waals surface area contributed by atoms with Gasteiger partial charge in [0.05, 0.1) is 6.54 Å². The van der Waals surface area contributed by atoms with E-state index in [4.69, 9.17) is 4.74 Å². The van der Waals surface area contributed by atoms with E-state index < -0.39 is 0 Å². The molecule has 0 radical (unpaired) electrons. The fraction of sp³-hybridized carbons (Fsp3) is 0.375. The van der Waals surface area contributed by atoms with Crippen molar-refractivity contribution >= 4 is 6.09 Å². The number of amides is 1. The Morgan fingerprint density at radius 3 is 2.82 bits per heavy atom. The first-order valence-corrected chi connectivity index (χ1v) is 7.48. The van der Waals surface area contributed by atoms with Gasteiger partial charge in [-0.1, -0.05) is 30.3 Å². The molecular weight excluding hydrogens is 280 g/mol. The summed E-state index contributed by atoms with van der Waals surface area (Å²) in [6.45, 7) is 1.03. The van der Waals surface area contributed by atoms with E-state index >= 15 is 0 Å². The third kappa shape index (κ3) is 4.08. The largest absolute Gasteiger partial charge is 0.445 e. The van der Waals surface area contributed by atoms with Crippen LogP contribution in [0.2, 0.25) is 0 Å². The molecule has 2 aromatic rings. The number of ether oxygens (including phenoxy) is 1. The minimum atomic E-state index is -0.349. The van der Waals surface area contributed by atoms with Crippen LogP contribution in [0.4, 0.5) is 4.79 Å². The topological polar surface area (TPSA) is 79.0 Å². The van der Waals surface area contributed by atoms with Crippen molar-refractivity contribution in [2.75, 3.05) is 0 Å². The lowest BCUT2D eigenvalue weighted by Crippen LogP contribution is -2.52. The molecule has 1 aliphatic carbocycles. The van der Waals surface area contributed by atoms with Crippen molar-refractivity contribution in [1.82, 2.24) is 20.6 Å². The molecule has 0 unspecified atom stereocenters. The number of aromatic amines is 1. The van der Waals surface area contributed by atoms with Crippen LogP contribution in [0, 0.1) is 0 Å². The van der Waals surface area contributed by atoms with Gasteiger partial charge in [0.15, 0.2) is 0 Å². The monoisotopic (exact) mass is 300 g/mol. The van der Waals surface area contributed by atoms with Crippen molar-refractivity contribution in [3.63, 3.8) is 0 Å². The molecular formula is C16H20N4O2. The first kappa shape index (κ1) is 14.6. The number of aromatic nitrogens is 2. The van der Waals surface area contributed by atoms with Gasteiger partial charge in [0.2, 0.25) is 0 Å². The molecule has 1 aromatic carbocycles. The van der Waals surface area contributed by atoms with E-state index in [1.807, 2.05) is 36.5 Å². The fourth-order valence-electron chi connectivity index (χ4n) is 2.47. The van der Waals surface area contributed by atoms with Gasteiger partial charge in [0, 0.05) is 24.5 Å². The van der Waals surface area contributed by atoms with E-state index in [9.17, 15) is 4.79 Å². The van der Waals surface area contributed by atoms with Crippen LogP contribution >= 0.6 is 0 Å². The third-order valence-electron chi connectivity index (χ3n) is 3.79. The lowest BCUT2D eigenvalue weighted by Gasteiger charge is -2.35. The molecule has 1 heterocycles. The molecule has 116 valence electrons. The maximum atomic E-state index is 11.7. The summed E-state index contributed by atoms with van der Waals surface area (Å²) in [6, 6.07) is 10.3. The van der Waals surface area contributed by atoms with Gasteiger partial charge in [-0.3, -0.25) is 0 Å². The Labute approximate surface area is 129 Å². The van der Waals surface area contributed by atoms with Crippen LogP contribution in [-0.4, -0.2) is 28.1 Å². The Bertz CT molecular complexity index is 579. The number of imidazole rings is 1. The first-order chi connectivity index (χ1) is 10.8. The smallest absolute Gasteiger partial charge is 0.407 e. The van der Waals surface area contributed by atoms with Gasteiger partial charge in [-0.2, -0.15) is 0 Å². The molecule has 3 N–H and O–H groups in total. The number of nitrogens with zero attached hydrogens (tertiary/aromatic N) is 1. The van der Waals surface area contributed by atoms with Crippen LogP contribution in [0.3, 0.4) is 0 Å². The van der Waals surface area contributed by atoms with Crippen molar-refractivity contribution in [1.29, 1.82) is 0 Å².